The topological polar surface area (TPSA) is 78.5 Å². The normalized spacial score (nSPS) is 14.7. The molecule has 1 unspecified atom stereocenters. The van der Waals surface area contributed by atoms with Crippen LogP contribution in [0.4, 0.5) is 0 Å². The number of ether oxygens (including phenoxy) is 1. The fraction of sp³-hybridized carbons (Fsp3) is 0.143. The van der Waals surface area contributed by atoms with Crippen LogP contribution >= 0.6 is 11.6 Å². The predicted octanol–water partition coefficient (Wildman–Crippen LogP) is 6.05. The number of halogens is 1. The molecule has 0 saturated heterocycles. The summed E-state index contributed by atoms with van der Waals surface area (Å²) in [5, 5.41) is 18.4. The van der Waals surface area contributed by atoms with E-state index in [9.17, 15) is 9.90 Å². The van der Waals surface area contributed by atoms with E-state index in [1.807, 2.05) is 60.4 Å². The maximum absolute atomic E-state index is 13.6. The number of carbonyl (C=O) groups excluding carboxylic acids is 1. The van der Waals surface area contributed by atoms with Crippen molar-refractivity contribution in [3.8, 4) is 22.8 Å². The molecule has 2 N–H and O–H groups in total. The van der Waals surface area contributed by atoms with E-state index in [-0.39, 0.29) is 11.7 Å². The van der Waals surface area contributed by atoms with Gasteiger partial charge >= 0.3 is 0 Å². The number of aromatic amines is 1. The van der Waals surface area contributed by atoms with Crippen molar-refractivity contribution in [3.05, 3.63) is 112 Å². The zero-order valence-electron chi connectivity index (χ0n) is 19.2. The fourth-order valence-corrected chi connectivity index (χ4v) is 4.60. The van der Waals surface area contributed by atoms with Crippen LogP contribution < -0.4 is 4.74 Å². The van der Waals surface area contributed by atoms with Gasteiger partial charge in [0, 0.05) is 22.7 Å². The zero-order valence-corrected chi connectivity index (χ0v) is 19.9. The highest BCUT2D eigenvalue weighted by Crippen LogP contribution is 2.46. The van der Waals surface area contributed by atoms with Crippen LogP contribution in [0.1, 0.15) is 38.8 Å². The summed E-state index contributed by atoms with van der Waals surface area (Å²) in [6.07, 6.45) is 1.68. The van der Waals surface area contributed by atoms with Crippen LogP contribution in [0.25, 0.3) is 11.3 Å². The third-order valence-corrected chi connectivity index (χ3v) is 6.33. The summed E-state index contributed by atoms with van der Waals surface area (Å²) < 4.78 is 5.77. The SMILES string of the molecule is C=CCOc1cccc(C2c3c(-c4cc(Cl)ccc4O)n[nH]c3C(=O)N2Cc2ccc(C)cc2)c1. The average Bonchev–Trinajstić information content (AvgIpc) is 3.40. The molecule has 1 amide bonds. The number of phenols is 1. The van der Waals surface area contributed by atoms with Gasteiger partial charge in [-0.2, -0.15) is 5.10 Å². The molecule has 0 radical (unpaired) electrons. The van der Waals surface area contributed by atoms with Crippen molar-refractivity contribution in [1.29, 1.82) is 0 Å². The lowest BCUT2D eigenvalue weighted by Crippen LogP contribution is -2.29. The molecule has 0 bridgehead atoms. The number of amides is 1. The lowest BCUT2D eigenvalue weighted by Gasteiger charge is -2.27. The van der Waals surface area contributed by atoms with E-state index in [1.54, 1.807) is 18.2 Å². The smallest absolute Gasteiger partial charge is 0.273 e. The van der Waals surface area contributed by atoms with Gasteiger partial charge < -0.3 is 14.7 Å². The molecule has 4 aromatic rings. The molecule has 7 heteroatoms. The van der Waals surface area contributed by atoms with Crippen molar-refractivity contribution in [1.82, 2.24) is 15.1 Å². The number of nitrogens with one attached hydrogen (secondary N) is 1. The summed E-state index contributed by atoms with van der Waals surface area (Å²) in [6.45, 7) is 6.52. The number of rotatable bonds is 7. The van der Waals surface area contributed by atoms with Gasteiger partial charge in [-0.15, -0.1) is 0 Å². The van der Waals surface area contributed by atoms with Gasteiger partial charge in [0.25, 0.3) is 5.91 Å². The molecule has 1 aliphatic heterocycles. The summed E-state index contributed by atoms with van der Waals surface area (Å²) in [4.78, 5) is 15.4. The Bertz CT molecular complexity index is 1410. The van der Waals surface area contributed by atoms with E-state index < -0.39 is 6.04 Å². The number of hydrogen-bond donors (Lipinski definition) is 2. The van der Waals surface area contributed by atoms with Gasteiger partial charge in [0.15, 0.2) is 0 Å². The highest BCUT2D eigenvalue weighted by molar-refractivity contribution is 6.31. The van der Waals surface area contributed by atoms with Crippen LogP contribution in [0, 0.1) is 6.92 Å². The van der Waals surface area contributed by atoms with Crippen LogP contribution in [0.3, 0.4) is 0 Å². The van der Waals surface area contributed by atoms with Crippen molar-refractivity contribution >= 4 is 17.5 Å². The molecule has 0 fully saturated rings. The van der Waals surface area contributed by atoms with E-state index in [2.05, 4.69) is 16.8 Å². The number of aromatic nitrogens is 2. The highest BCUT2D eigenvalue weighted by atomic mass is 35.5. The number of aryl methyl sites for hydroxylation is 1. The molecule has 0 saturated carbocycles. The number of aromatic hydroxyl groups is 1. The molecule has 1 aromatic heterocycles. The molecule has 2 heterocycles. The second-order valence-electron chi connectivity index (χ2n) is 8.52. The Kier molecular flexibility index (Phi) is 6.05. The van der Waals surface area contributed by atoms with Gasteiger partial charge in [-0.1, -0.05) is 66.2 Å². The number of phenolic OH excluding ortho intramolecular Hbond substituents is 1. The van der Waals surface area contributed by atoms with E-state index in [1.165, 1.54) is 6.07 Å². The Morgan fingerprint density at radius 3 is 2.74 bits per heavy atom. The summed E-state index contributed by atoms with van der Waals surface area (Å²) >= 11 is 6.23. The largest absolute Gasteiger partial charge is 0.507 e. The zero-order chi connectivity index (χ0) is 24.5. The third-order valence-electron chi connectivity index (χ3n) is 6.09. The molecule has 0 spiro atoms. The molecule has 1 atom stereocenters. The standard InChI is InChI=1S/C28H24ClN3O3/c1-3-13-35-21-6-4-5-19(14-21)27-24-25(22-15-20(29)11-12-23(22)33)30-31-26(24)28(34)32(27)16-18-9-7-17(2)8-10-18/h3-12,14-15,27,33H,1,13,16H2,2H3,(H,30,31). The molecular formula is C28H24ClN3O3. The maximum Gasteiger partial charge on any atom is 0.273 e. The average molecular weight is 486 g/mol. The fourth-order valence-electron chi connectivity index (χ4n) is 4.43. The highest BCUT2D eigenvalue weighted by Gasteiger charge is 2.42. The number of hydrogen-bond acceptors (Lipinski definition) is 4. The predicted molar refractivity (Wildman–Crippen MR) is 136 cm³/mol. The minimum atomic E-state index is -0.446. The van der Waals surface area contributed by atoms with E-state index >= 15 is 0 Å². The Morgan fingerprint density at radius 2 is 1.97 bits per heavy atom. The van der Waals surface area contributed by atoms with Crippen LogP contribution in [0.15, 0.2) is 79.4 Å². The first-order chi connectivity index (χ1) is 17.0. The minimum absolute atomic E-state index is 0.0370. The Morgan fingerprint density at radius 1 is 1.17 bits per heavy atom. The van der Waals surface area contributed by atoms with Gasteiger partial charge in [0.2, 0.25) is 0 Å². The van der Waals surface area contributed by atoms with E-state index in [0.29, 0.717) is 46.4 Å². The number of H-pyrrole nitrogens is 1. The second-order valence-corrected chi connectivity index (χ2v) is 8.95. The summed E-state index contributed by atoms with van der Waals surface area (Å²) in [7, 11) is 0. The van der Waals surface area contributed by atoms with Crippen molar-refractivity contribution in [3.63, 3.8) is 0 Å². The van der Waals surface area contributed by atoms with Gasteiger partial charge in [0.1, 0.15) is 29.5 Å². The van der Waals surface area contributed by atoms with Crippen molar-refractivity contribution in [2.75, 3.05) is 6.61 Å². The van der Waals surface area contributed by atoms with Crippen molar-refractivity contribution < 1.29 is 14.6 Å². The molecule has 5 rings (SSSR count). The number of carbonyl (C=O) groups is 1. The van der Waals surface area contributed by atoms with Gasteiger partial charge in [-0.3, -0.25) is 9.89 Å². The van der Waals surface area contributed by atoms with Crippen molar-refractivity contribution in [2.24, 2.45) is 0 Å². The van der Waals surface area contributed by atoms with Crippen molar-refractivity contribution in [2.45, 2.75) is 19.5 Å². The van der Waals surface area contributed by atoms with E-state index in [0.717, 1.165) is 16.7 Å². The molecule has 35 heavy (non-hydrogen) atoms. The molecule has 3 aromatic carbocycles. The quantitative estimate of drug-likeness (QED) is 0.312. The van der Waals surface area contributed by atoms with Crippen LogP contribution in [0.2, 0.25) is 5.02 Å². The summed E-state index contributed by atoms with van der Waals surface area (Å²) in [6, 6.07) is 20.1. The second kappa shape index (κ2) is 9.31. The molecule has 0 aliphatic carbocycles. The molecular weight excluding hydrogens is 462 g/mol. The Balaban J connectivity index is 1.65. The lowest BCUT2D eigenvalue weighted by molar-refractivity contribution is 0.0730. The Hall–Kier alpha value is -4.03. The third kappa shape index (κ3) is 4.29. The first-order valence-corrected chi connectivity index (χ1v) is 11.6. The molecule has 6 nitrogen and oxygen atoms in total. The molecule has 176 valence electrons. The summed E-state index contributed by atoms with van der Waals surface area (Å²) in [5.74, 6) is 0.549. The minimum Gasteiger partial charge on any atom is -0.507 e. The first-order valence-electron chi connectivity index (χ1n) is 11.2. The number of fused-ring (bicyclic) bond motifs is 1. The first kappa shape index (κ1) is 22.7. The van der Waals surface area contributed by atoms with Gasteiger partial charge in [-0.25, -0.2) is 0 Å². The van der Waals surface area contributed by atoms with Gasteiger partial charge in [-0.05, 0) is 48.4 Å². The molecule has 1 aliphatic rings. The van der Waals surface area contributed by atoms with Crippen LogP contribution in [0.5, 0.6) is 11.5 Å². The van der Waals surface area contributed by atoms with Crippen LogP contribution in [-0.2, 0) is 6.54 Å². The maximum atomic E-state index is 13.6. The van der Waals surface area contributed by atoms with Gasteiger partial charge in [0.05, 0.1) is 6.04 Å². The number of nitrogens with zero attached hydrogens (tertiary/aromatic N) is 2. The Labute approximate surface area is 208 Å². The monoisotopic (exact) mass is 485 g/mol. The summed E-state index contributed by atoms with van der Waals surface area (Å²) in [5.41, 5.74) is 5.08. The van der Waals surface area contributed by atoms with E-state index in [4.69, 9.17) is 16.3 Å². The lowest BCUT2D eigenvalue weighted by atomic mass is 9.95. The van der Waals surface area contributed by atoms with Crippen LogP contribution in [-0.4, -0.2) is 32.7 Å². The number of benzene rings is 3.